The van der Waals surface area contributed by atoms with Crippen molar-refractivity contribution in [2.75, 3.05) is 39.6 Å². The minimum absolute atomic E-state index is 0.106. The Morgan fingerprint density at radius 2 is 0.531 bits per heavy atom. The van der Waals surface area contributed by atoms with E-state index in [1.54, 1.807) is 0 Å². The summed E-state index contributed by atoms with van der Waals surface area (Å²) < 4.78 is 68.6. The largest absolute Gasteiger partial charge is 0.472 e. The molecule has 0 rings (SSSR count). The van der Waals surface area contributed by atoms with Crippen molar-refractivity contribution >= 4 is 39.5 Å². The van der Waals surface area contributed by atoms with Gasteiger partial charge in [-0.25, -0.2) is 9.13 Å². The summed E-state index contributed by atoms with van der Waals surface area (Å²) in [7, 11) is -9.91. The first-order chi connectivity index (χ1) is 46.3. The first-order valence-corrected chi connectivity index (χ1v) is 42.9. The summed E-state index contributed by atoms with van der Waals surface area (Å²) in [5.41, 5.74) is 0. The van der Waals surface area contributed by atoms with Crippen LogP contribution in [0.25, 0.3) is 0 Å². The average Bonchev–Trinajstić information content (AvgIpc) is 1.16. The van der Waals surface area contributed by atoms with Gasteiger partial charge in [-0.3, -0.25) is 37.3 Å². The number of phosphoric acid groups is 2. The molecule has 0 aliphatic rings. The summed E-state index contributed by atoms with van der Waals surface area (Å²) in [4.78, 5) is 72.8. The smallest absolute Gasteiger partial charge is 0.462 e. The Morgan fingerprint density at radius 3 is 0.792 bits per heavy atom. The van der Waals surface area contributed by atoms with Crippen LogP contribution in [0.2, 0.25) is 0 Å². The van der Waals surface area contributed by atoms with Crippen LogP contribution in [0.15, 0.2) is 0 Å². The van der Waals surface area contributed by atoms with Crippen molar-refractivity contribution in [1.82, 2.24) is 0 Å². The highest BCUT2D eigenvalue weighted by atomic mass is 31.2. The van der Waals surface area contributed by atoms with E-state index >= 15 is 0 Å². The summed E-state index contributed by atoms with van der Waals surface area (Å²) in [5.74, 6) is 0.206. The molecule has 3 unspecified atom stereocenters. The van der Waals surface area contributed by atoms with Gasteiger partial charge in [0.05, 0.1) is 26.4 Å². The van der Waals surface area contributed by atoms with Crippen molar-refractivity contribution in [3.63, 3.8) is 0 Å². The molecule has 0 aromatic rings. The molecule has 0 amide bonds. The lowest BCUT2D eigenvalue weighted by Gasteiger charge is -2.21. The van der Waals surface area contributed by atoms with Crippen LogP contribution in [0.5, 0.6) is 0 Å². The highest BCUT2D eigenvalue weighted by Gasteiger charge is 2.30. The van der Waals surface area contributed by atoms with Crippen LogP contribution in [0.3, 0.4) is 0 Å². The van der Waals surface area contributed by atoms with Gasteiger partial charge in [-0.15, -0.1) is 0 Å². The Balaban J connectivity index is 5.24. The monoisotopic (exact) mass is 1410 g/mol. The molecule has 0 bridgehead atoms. The number of carbonyl (C=O) groups excluding carboxylic acids is 4. The third-order valence-corrected chi connectivity index (χ3v) is 20.1. The molecule has 96 heavy (non-hydrogen) atoms. The van der Waals surface area contributed by atoms with Crippen molar-refractivity contribution in [3.8, 4) is 0 Å². The molecule has 6 atom stereocenters. The average molecular weight is 1410 g/mol. The molecule has 0 radical (unpaired) electrons. The van der Waals surface area contributed by atoms with E-state index < -0.39 is 97.5 Å². The fraction of sp³-hybridized carbons (Fsp3) is 0.948. The highest BCUT2D eigenvalue weighted by Crippen LogP contribution is 2.45. The molecule has 3 N–H and O–H groups in total. The van der Waals surface area contributed by atoms with Gasteiger partial charge in [-0.1, -0.05) is 344 Å². The number of unbranched alkanes of at least 4 members (excludes halogenated alkanes) is 42. The van der Waals surface area contributed by atoms with Crippen LogP contribution in [0.4, 0.5) is 0 Å². The molecule has 0 fully saturated rings. The fourth-order valence-electron chi connectivity index (χ4n) is 11.7. The number of phosphoric ester groups is 2. The Bertz CT molecular complexity index is 1870. The van der Waals surface area contributed by atoms with Gasteiger partial charge in [-0.05, 0) is 43.4 Å². The molecule has 0 aliphatic heterocycles. The van der Waals surface area contributed by atoms with Crippen LogP contribution >= 0.6 is 15.6 Å². The van der Waals surface area contributed by atoms with Crippen LogP contribution in [-0.4, -0.2) is 96.7 Å². The normalized spacial score (nSPS) is 14.3. The molecule has 0 spiro atoms. The topological polar surface area (TPSA) is 237 Å². The minimum Gasteiger partial charge on any atom is -0.462 e. The van der Waals surface area contributed by atoms with Gasteiger partial charge in [0.1, 0.15) is 19.3 Å². The van der Waals surface area contributed by atoms with Gasteiger partial charge in [-0.2, -0.15) is 0 Å². The van der Waals surface area contributed by atoms with Crippen LogP contribution in [0, 0.1) is 17.8 Å². The Labute approximate surface area is 588 Å². The number of hydrogen-bond donors (Lipinski definition) is 3. The number of aliphatic hydroxyl groups is 1. The number of ether oxygens (including phenoxy) is 4. The molecule has 0 aromatic carbocycles. The third kappa shape index (κ3) is 69.2. The zero-order chi connectivity index (χ0) is 70.9. The first-order valence-electron chi connectivity index (χ1n) is 39.9. The molecule has 570 valence electrons. The summed E-state index contributed by atoms with van der Waals surface area (Å²) in [6.07, 6.45) is 54.1. The number of hydrogen-bond acceptors (Lipinski definition) is 15. The van der Waals surface area contributed by atoms with Gasteiger partial charge in [0.15, 0.2) is 12.2 Å². The highest BCUT2D eigenvalue weighted by molar-refractivity contribution is 7.47. The Kier molecular flexibility index (Phi) is 66.2. The zero-order valence-corrected chi connectivity index (χ0v) is 64.6. The van der Waals surface area contributed by atoms with E-state index in [4.69, 9.17) is 37.0 Å². The fourth-order valence-corrected chi connectivity index (χ4v) is 13.3. The van der Waals surface area contributed by atoms with Crippen molar-refractivity contribution in [2.45, 2.75) is 414 Å². The van der Waals surface area contributed by atoms with Crippen molar-refractivity contribution in [2.24, 2.45) is 17.8 Å². The first kappa shape index (κ1) is 94.1. The van der Waals surface area contributed by atoms with E-state index in [1.165, 1.54) is 199 Å². The van der Waals surface area contributed by atoms with E-state index in [9.17, 15) is 43.2 Å². The standard InChI is InChI=1S/C77H150O17P2/c1-8-10-11-12-13-14-15-26-32-37-46-53-60-76(81)94-73(65-88-75(80)59-52-45-40-39-43-50-57-70(7)9-2)67-92-96(85,86)90-63-71(78)62-89-95(83,84)91-66-72(64-87-74(79)58-51-44-36-31-27-23-22-25-30-35-42-49-56-69(5)6)93-77(82)61-54-47-38-33-28-21-19-17-16-18-20-24-29-34-41-48-55-68(3)4/h68-73,78H,8-67H2,1-7H3,(H,83,84)(H,85,86)/t70?,71-,72-,73-/m1/s1. The predicted molar refractivity (Wildman–Crippen MR) is 391 cm³/mol. The van der Waals surface area contributed by atoms with E-state index in [-0.39, 0.29) is 25.7 Å². The second-order valence-electron chi connectivity index (χ2n) is 28.9. The maximum absolute atomic E-state index is 13.1. The van der Waals surface area contributed by atoms with E-state index in [2.05, 4.69) is 48.5 Å². The summed E-state index contributed by atoms with van der Waals surface area (Å²) >= 11 is 0. The van der Waals surface area contributed by atoms with E-state index in [0.717, 1.165) is 114 Å². The quantitative estimate of drug-likeness (QED) is 0.0222. The molecular formula is C77H150O17P2. The van der Waals surface area contributed by atoms with Gasteiger partial charge >= 0.3 is 39.5 Å². The number of carbonyl (C=O) groups is 4. The number of aliphatic hydroxyl groups excluding tert-OH is 1. The molecule has 0 heterocycles. The summed E-state index contributed by atoms with van der Waals surface area (Å²) in [6, 6.07) is 0. The van der Waals surface area contributed by atoms with Crippen LogP contribution in [0.1, 0.15) is 395 Å². The molecular weight excluding hydrogens is 1260 g/mol. The molecule has 0 saturated carbocycles. The molecule has 0 aliphatic carbocycles. The van der Waals surface area contributed by atoms with Crippen LogP contribution < -0.4 is 0 Å². The molecule has 0 saturated heterocycles. The third-order valence-electron chi connectivity index (χ3n) is 18.2. The van der Waals surface area contributed by atoms with Gasteiger partial charge in [0.25, 0.3) is 0 Å². The summed E-state index contributed by atoms with van der Waals surface area (Å²) in [5, 5.41) is 10.6. The van der Waals surface area contributed by atoms with Crippen molar-refractivity contribution in [1.29, 1.82) is 0 Å². The van der Waals surface area contributed by atoms with E-state index in [0.29, 0.717) is 25.7 Å². The summed E-state index contributed by atoms with van der Waals surface area (Å²) in [6.45, 7) is 11.9. The van der Waals surface area contributed by atoms with Gasteiger partial charge in [0.2, 0.25) is 0 Å². The lowest BCUT2D eigenvalue weighted by atomic mass is 10.00. The molecule has 0 aromatic heterocycles. The second kappa shape index (κ2) is 67.5. The van der Waals surface area contributed by atoms with Crippen molar-refractivity contribution in [3.05, 3.63) is 0 Å². The Morgan fingerprint density at radius 1 is 0.302 bits per heavy atom. The molecule has 17 nitrogen and oxygen atoms in total. The zero-order valence-electron chi connectivity index (χ0n) is 62.8. The SMILES string of the molecule is CCCCCCCCCCCCCCC(=O)O[C@H](COC(=O)CCCCCCCCC(C)CC)COP(=O)(O)OC[C@H](O)COP(=O)(O)OC[C@@H](COC(=O)CCCCCCCCCCCCCCC(C)C)OC(=O)CCCCCCCCCCCCCCCCCCC(C)C. The minimum atomic E-state index is -4.96. The Hall–Kier alpha value is -1.94. The maximum Gasteiger partial charge on any atom is 0.472 e. The van der Waals surface area contributed by atoms with Gasteiger partial charge in [0, 0.05) is 25.7 Å². The van der Waals surface area contributed by atoms with Gasteiger partial charge < -0.3 is 33.8 Å². The number of esters is 4. The lowest BCUT2D eigenvalue weighted by Crippen LogP contribution is -2.30. The van der Waals surface area contributed by atoms with Crippen molar-refractivity contribution < 1.29 is 80.2 Å². The molecule has 19 heteroatoms. The maximum atomic E-state index is 13.1. The lowest BCUT2D eigenvalue weighted by molar-refractivity contribution is -0.161. The van der Waals surface area contributed by atoms with Crippen LogP contribution in [-0.2, 0) is 65.4 Å². The second-order valence-corrected chi connectivity index (χ2v) is 31.8. The van der Waals surface area contributed by atoms with E-state index in [1.807, 2.05) is 0 Å². The predicted octanol–water partition coefficient (Wildman–Crippen LogP) is 22.6. The number of rotatable bonds is 75.